The maximum Gasteiger partial charge on any atom is 0.234 e. The topological polar surface area (TPSA) is 59.8 Å². The number of nitrogens with one attached hydrogen (secondary N) is 1. The van der Waals surface area contributed by atoms with Gasteiger partial charge in [-0.3, -0.25) is 9.36 Å². The third-order valence-corrected chi connectivity index (χ3v) is 6.60. The van der Waals surface area contributed by atoms with E-state index in [-0.39, 0.29) is 11.7 Å². The minimum absolute atomic E-state index is 0.119. The van der Waals surface area contributed by atoms with Crippen molar-refractivity contribution in [1.82, 2.24) is 14.8 Å². The molecule has 0 radical (unpaired) electrons. The molecule has 32 heavy (non-hydrogen) atoms. The number of hydrogen-bond acceptors (Lipinski definition) is 4. The number of hydrogen-bond donors (Lipinski definition) is 1. The van der Waals surface area contributed by atoms with Crippen molar-refractivity contribution in [2.45, 2.75) is 19.0 Å². The second-order valence-electron chi connectivity index (χ2n) is 7.30. The number of carbonyl (C=O) groups excluding carboxylic acids is 1. The van der Waals surface area contributed by atoms with Gasteiger partial charge < -0.3 is 5.32 Å². The van der Waals surface area contributed by atoms with Gasteiger partial charge in [0.15, 0.2) is 11.0 Å². The highest BCUT2D eigenvalue weighted by atomic mass is 79.9. The number of amides is 1. The predicted octanol–water partition coefficient (Wildman–Crippen LogP) is 6.70. The van der Waals surface area contributed by atoms with Crippen molar-refractivity contribution < 1.29 is 4.79 Å². The van der Waals surface area contributed by atoms with Gasteiger partial charge in [0, 0.05) is 20.7 Å². The van der Waals surface area contributed by atoms with Gasteiger partial charge in [-0.2, -0.15) is 0 Å². The summed E-state index contributed by atoms with van der Waals surface area (Å²) in [5.41, 5.74) is 4.83. The van der Waals surface area contributed by atoms with Gasteiger partial charge in [-0.15, -0.1) is 10.2 Å². The predicted molar refractivity (Wildman–Crippen MR) is 135 cm³/mol. The zero-order chi connectivity index (χ0) is 22.7. The van der Waals surface area contributed by atoms with E-state index in [1.165, 1.54) is 11.8 Å². The summed E-state index contributed by atoms with van der Waals surface area (Å²) in [6.45, 7) is 4.04. The molecule has 0 atom stereocenters. The lowest BCUT2D eigenvalue weighted by molar-refractivity contribution is -0.113. The molecule has 0 unspecified atom stereocenters. The first-order chi connectivity index (χ1) is 15.4. The second kappa shape index (κ2) is 9.90. The summed E-state index contributed by atoms with van der Waals surface area (Å²) in [5.74, 6) is 0.769. The number of nitrogens with zero attached hydrogens (tertiary/aromatic N) is 3. The first-order valence-corrected chi connectivity index (χ1v) is 12.0. The lowest BCUT2D eigenvalue weighted by Crippen LogP contribution is -2.15. The standard InChI is InChI=1S/C24H20BrClN4OS/c1-15-3-10-19(11-4-15)30-23(17-6-8-18(26)9-7-17)28-29-24(30)32-14-22(31)27-21-12-5-16(2)13-20(21)25/h3-13H,14H2,1-2H3,(H,27,31). The Bertz CT molecular complexity index is 1260. The van der Waals surface area contributed by atoms with Crippen LogP contribution in [0.5, 0.6) is 0 Å². The summed E-state index contributed by atoms with van der Waals surface area (Å²) in [6.07, 6.45) is 0. The molecule has 0 aliphatic heterocycles. The number of benzene rings is 3. The van der Waals surface area contributed by atoms with Crippen molar-refractivity contribution >= 4 is 50.9 Å². The third-order valence-electron chi connectivity index (χ3n) is 4.76. The fourth-order valence-corrected chi connectivity index (χ4v) is 4.58. The van der Waals surface area contributed by atoms with Gasteiger partial charge in [0.1, 0.15) is 0 Å². The van der Waals surface area contributed by atoms with Gasteiger partial charge in [-0.05, 0) is 83.9 Å². The van der Waals surface area contributed by atoms with Crippen LogP contribution in [0.1, 0.15) is 11.1 Å². The zero-order valence-corrected chi connectivity index (χ0v) is 20.6. The molecule has 3 aromatic carbocycles. The Kier molecular flexibility index (Phi) is 6.98. The minimum atomic E-state index is -0.119. The molecular weight excluding hydrogens is 508 g/mol. The number of thioether (sulfide) groups is 1. The van der Waals surface area contributed by atoms with Crippen LogP contribution in [0, 0.1) is 13.8 Å². The van der Waals surface area contributed by atoms with Crippen LogP contribution in [-0.4, -0.2) is 26.4 Å². The molecule has 0 aliphatic rings. The van der Waals surface area contributed by atoms with E-state index < -0.39 is 0 Å². The Morgan fingerprint density at radius 2 is 1.69 bits per heavy atom. The highest BCUT2D eigenvalue weighted by Crippen LogP contribution is 2.29. The molecule has 5 nitrogen and oxygen atoms in total. The zero-order valence-electron chi connectivity index (χ0n) is 17.5. The smallest absolute Gasteiger partial charge is 0.234 e. The molecule has 0 spiro atoms. The van der Waals surface area contributed by atoms with Gasteiger partial charge in [0.05, 0.1) is 11.4 Å². The fourth-order valence-electron chi connectivity index (χ4n) is 3.11. The lowest BCUT2D eigenvalue weighted by atomic mass is 10.2. The monoisotopic (exact) mass is 526 g/mol. The van der Waals surface area contributed by atoms with Crippen molar-refractivity contribution in [3.05, 3.63) is 87.4 Å². The van der Waals surface area contributed by atoms with E-state index in [0.29, 0.717) is 16.0 Å². The normalized spacial score (nSPS) is 10.9. The third kappa shape index (κ3) is 5.23. The number of carbonyl (C=O) groups is 1. The Morgan fingerprint density at radius 3 is 2.38 bits per heavy atom. The first-order valence-electron chi connectivity index (χ1n) is 9.88. The molecule has 0 fully saturated rings. The molecule has 0 aliphatic carbocycles. The molecule has 162 valence electrons. The fraction of sp³-hybridized carbons (Fsp3) is 0.125. The minimum Gasteiger partial charge on any atom is -0.324 e. The van der Waals surface area contributed by atoms with Gasteiger partial charge in [0.25, 0.3) is 0 Å². The molecule has 1 heterocycles. The van der Waals surface area contributed by atoms with Crippen LogP contribution >= 0.6 is 39.3 Å². The van der Waals surface area contributed by atoms with Gasteiger partial charge in [-0.25, -0.2) is 0 Å². The van der Waals surface area contributed by atoms with Crippen LogP contribution in [0.2, 0.25) is 5.02 Å². The highest BCUT2D eigenvalue weighted by Gasteiger charge is 2.17. The summed E-state index contributed by atoms with van der Waals surface area (Å²) in [7, 11) is 0. The Hall–Kier alpha value is -2.61. The number of aryl methyl sites for hydroxylation is 2. The molecule has 0 saturated carbocycles. The van der Waals surface area contributed by atoms with Crippen LogP contribution in [0.15, 0.2) is 76.4 Å². The number of halogens is 2. The first kappa shape index (κ1) is 22.6. The Balaban J connectivity index is 1.60. The van der Waals surface area contributed by atoms with Crippen LogP contribution in [0.3, 0.4) is 0 Å². The van der Waals surface area contributed by atoms with Gasteiger partial charge >= 0.3 is 0 Å². The van der Waals surface area contributed by atoms with E-state index >= 15 is 0 Å². The van der Waals surface area contributed by atoms with Gasteiger partial charge in [-0.1, -0.05) is 47.1 Å². The van der Waals surface area contributed by atoms with E-state index in [0.717, 1.165) is 32.5 Å². The summed E-state index contributed by atoms with van der Waals surface area (Å²) >= 11 is 10.9. The summed E-state index contributed by atoms with van der Waals surface area (Å²) in [6, 6.07) is 21.4. The number of rotatable bonds is 6. The molecule has 1 amide bonds. The van der Waals surface area contributed by atoms with E-state index in [2.05, 4.69) is 31.4 Å². The number of aromatic nitrogens is 3. The van der Waals surface area contributed by atoms with E-state index in [9.17, 15) is 4.79 Å². The average molecular weight is 528 g/mol. The van der Waals surface area contributed by atoms with Crippen LogP contribution < -0.4 is 5.32 Å². The van der Waals surface area contributed by atoms with Crippen molar-refractivity contribution in [3.8, 4) is 17.1 Å². The van der Waals surface area contributed by atoms with Crippen molar-refractivity contribution in [2.75, 3.05) is 11.1 Å². The summed E-state index contributed by atoms with van der Waals surface area (Å²) in [5, 5.41) is 13.0. The Morgan fingerprint density at radius 1 is 1.00 bits per heavy atom. The highest BCUT2D eigenvalue weighted by molar-refractivity contribution is 9.10. The molecular formula is C24H20BrClN4OS. The number of anilines is 1. The van der Waals surface area contributed by atoms with Crippen LogP contribution in [0.4, 0.5) is 5.69 Å². The van der Waals surface area contributed by atoms with Crippen LogP contribution in [0.25, 0.3) is 17.1 Å². The van der Waals surface area contributed by atoms with Crippen molar-refractivity contribution in [1.29, 1.82) is 0 Å². The molecule has 4 aromatic rings. The summed E-state index contributed by atoms with van der Waals surface area (Å²) in [4.78, 5) is 12.6. The molecule has 4 rings (SSSR count). The quantitative estimate of drug-likeness (QED) is 0.284. The van der Waals surface area contributed by atoms with Crippen molar-refractivity contribution in [2.24, 2.45) is 0 Å². The molecule has 8 heteroatoms. The molecule has 0 saturated heterocycles. The van der Waals surface area contributed by atoms with Crippen molar-refractivity contribution in [3.63, 3.8) is 0 Å². The molecule has 0 bridgehead atoms. The Labute approximate surface area is 204 Å². The lowest BCUT2D eigenvalue weighted by Gasteiger charge is -2.11. The van der Waals surface area contributed by atoms with E-state index in [1.807, 2.05) is 85.1 Å². The van der Waals surface area contributed by atoms with Gasteiger partial charge in [0.2, 0.25) is 5.91 Å². The second-order valence-corrected chi connectivity index (χ2v) is 9.54. The summed E-state index contributed by atoms with van der Waals surface area (Å²) < 4.78 is 2.81. The molecule has 1 N–H and O–H groups in total. The SMILES string of the molecule is Cc1ccc(-n2c(SCC(=O)Nc3ccc(C)cc3Br)nnc2-c2ccc(Cl)cc2)cc1. The maximum absolute atomic E-state index is 12.6. The maximum atomic E-state index is 12.6. The van der Waals surface area contributed by atoms with Crippen LogP contribution in [-0.2, 0) is 4.79 Å². The average Bonchev–Trinajstić information content (AvgIpc) is 3.19. The van der Waals surface area contributed by atoms with E-state index in [4.69, 9.17) is 11.6 Å². The van der Waals surface area contributed by atoms with E-state index in [1.54, 1.807) is 0 Å². The largest absolute Gasteiger partial charge is 0.324 e. The molecule has 1 aromatic heterocycles.